The van der Waals surface area contributed by atoms with Gasteiger partial charge in [0.2, 0.25) is 0 Å². The zero-order valence-electron chi connectivity index (χ0n) is 8.53. The zero-order chi connectivity index (χ0) is 9.68. The lowest BCUT2D eigenvalue weighted by molar-refractivity contribution is 0.352. The monoisotopic (exact) mass is 178 g/mol. The predicted molar refractivity (Wildman–Crippen MR) is 58.1 cm³/mol. The molecule has 1 atom stereocenters. The van der Waals surface area contributed by atoms with Gasteiger partial charge in [-0.05, 0) is 38.9 Å². The normalized spacial score (nSPS) is 24.9. The van der Waals surface area contributed by atoms with Crippen molar-refractivity contribution in [2.45, 2.75) is 25.8 Å². The first-order valence-electron chi connectivity index (χ1n) is 4.79. The minimum absolute atomic E-state index is 0.508. The Morgan fingerprint density at radius 3 is 2.92 bits per heavy atom. The zero-order valence-corrected chi connectivity index (χ0v) is 8.53. The van der Waals surface area contributed by atoms with E-state index in [1.807, 2.05) is 19.2 Å². The largest absolute Gasteiger partial charge is 0.299 e. The van der Waals surface area contributed by atoms with Crippen molar-refractivity contribution in [1.29, 1.82) is 0 Å². The van der Waals surface area contributed by atoms with Crippen LogP contribution in [0.5, 0.6) is 0 Å². The Balaban J connectivity index is 2.47. The van der Waals surface area contributed by atoms with Crippen LogP contribution >= 0.6 is 0 Å². The van der Waals surface area contributed by atoms with Gasteiger partial charge in [0.1, 0.15) is 0 Å². The highest BCUT2D eigenvalue weighted by Crippen LogP contribution is 2.19. The van der Waals surface area contributed by atoms with E-state index in [0.29, 0.717) is 6.04 Å². The Hall–Kier alpha value is -0.890. The van der Waals surface area contributed by atoms with Gasteiger partial charge in [0.25, 0.3) is 0 Å². The summed E-state index contributed by atoms with van der Waals surface area (Å²) in [5.41, 5.74) is 1.12. The maximum absolute atomic E-state index is 4.14. The number of hydrogen-bond donors (Lipinski definition) is 0. The summed E-state index contributed by atoms with van der Waals surface area (Å²) in [7, 11) is 2.15. The van der Waals surface area contributed by atoms with Crippen LogP contribution in [0.15, 0.2) is 29.4 Å². The summed E-state index contributed by atoms with van der Waals surface area (Å²) in [4.78, 5) is 6.47. The van der Waals surface area contributed by atoms with Crippen LogP contribution < -0.4 is 0 Å². The predicted octanol–water partition coefficient (Wildman–Crippen LogP) is 2.24. The van der Waals surface area contributed by atoms with Crippen molar-refractivity contribution in [3.05, 3.63) is 24.4 Å². The first-order chi connectivity index (χ1) is 6.25. The molecule has 1 rings (SSSR count). The summed E-state index contributed by atoms with van der Waals surface area (Å²) in [6.07, 6.45) is 8.07. The van der Waals surface area contributed by atoms with Crippen molar-refractivity contribution in [2.24, 2.45) is 4.99 Å². The van der Waals surface area contributed by atoms with Gasteiger partial charge in [-0.3, -0.25) is 9.89 Å². The quantitative estimate of drug-likeness (QED) is 0.605. The molecule has 0 aromatic rings. The smallest absolute Gasteiger partial charge is 0.0354 e. The number of hydrogen-bond acceptors (Lipinski definition) is 2. The van der Waals surface area contributed by atoms with Crippen molar-refractivity contribution in [3.8, 4) is 0 Å². The molecule has 1 saturated heterocycles. The van der Waals surface area contributed by atoms with Gasteiger partial charge in [0, 0.05) is 18.5 Å². The summed E-state index contributed by atoms with van der Waals surface area (Å²) < 4.78 is 0. The molecule has 0 radical (unpaired) electrons. The van der Waals surface area contributed by atoms with Gasteiger partial charge in [-0.15, -0.1) is 0 Å². The third-order valence-electron chi connectivity index (χ3n) is 2.42. The van der Waals surface area contributed by atoms with E-state index in [-0.39, 0.29) is 0 Å². The Morgan fingerprint density at radius 2 is 2.38 bits per heavy atom. The Morgan fingerprint density at radius 1 is 1.62 bits per heavy atom. The second-order valence-corrected chi connectivity index (χ2v) is 3.47. The highest BCUT2D eigenvalue weighted by molar-refractivity contribution is 5.79. The van der Waals surface area contributed by atoms with E-state index in [1.165, 1.54) is 19.4 Å². The fraction of sp³-hybridized carbons (Fsp3) is 0.545. The topological polar surface area (TPSA) is 15.6 Å². The molecule has 0 aromatic carbocycles. The number of nitrogens with zero attached hydrogens (tertiary/aromatic N) is 2. The fourth-order valence-corrected chi connectivity index (χ4v) is 1.69. The van der Waals surface area contributed by atoms with Crippen molar-refractivity contribution in [1.82, 2.24) is 4.90 Å². The standard InChI is InChI=1S/C11H18N2/c1-4-7-12-9-10(2)11-6-5-8-13(11)3/h4,7,9,11H,2,5-6,8H2,1,3H3/b7-4-,12-9?/t11-/m0/s1. The van der Waals surface area contributed by atoms with Crippen LogP contribution in [0.2, 0.25) is 0 Å². The maximum atomic E-state index is 4.14. The van der Waals surface area contributed by atoms with Gasteiger partial charge in [-0.25, -0.2) is 0 Å². The van der Waals surface area contributed by atoms with E-state index in [9.17, 15) is 0 Å². The SMILES string of the molecule is C=C(C=N/C=C\C)[C@@H]1CCCN1C. The molecule has 0 saturated carbocycles. The van der Waals surface area contributed by atoms with E-state index in [4.69, 9.17) is 0 Å². The van der Waals surface area contributed by atoms with Crippen LogP contribution in [0.3, 0.4) is 0 Å². The van der Waals surface area contributed by atoms with Gasteiger partial charge in [0.15, 0.2) is 0 Å². The van der Waals surface area contributed by atoms with Crippen molar-refractivity contribution < 1.29 is 0 Å². The van der Waals surface area contributed by atoms with Gasteiger partial charge < -0.3 is 0 Å². The second kappa shape index (κ2) is 4.97. The lowest BCUT2D eigenvalue weighted by atomic mass is 10.1. The van der Waals surface area contributed by atoms with E-state index >= 15 is 0 Å². The van der Waals surface area contributed by atoms with Gasteiger partial charge in [-0.1, -0.05) is 12.7 Å². The third-order valence-corrected chi connectivity index (χ3v) is 2.42. The number of likely N-dealkylation sites (tertiary alicyclic amines) is 1. The number of likely N-dealkylation sites (N-methyl/N-ethyl adjacent to an activating group) is 1. The second-order valence-electron chi connectivity index (χ2n) is 3.47. The molecule has 13 heavy (non-hydrogen) atoms. The minimum Gasteiger partial charge on any atom is -0.299 e. The lowest BCUT2D eigenvalue weighted by Crippen LogP contribution is -2.26. The average molecular weight is 178 g/mol. The maximum Gasteiger partial charge on any atom is 0.0354 e. The molecule has 2 heteroatoms. The molecule has 0 amide bonds. The molecule has 0 bridgehead atoms. The van der Waals surface area contributed by atoms with Gasteiger partial charge >= 0.3 is 0 Å². The molecule has 0 spiro atoms. The molecule has 2 nitrogen and oxygen atoms in total. The lowest BCUT2D eigenvalue weighted by Gasteiger charge is -2.18. The first-order valence-corrected chi connectivity index (χ1v) is 4.79. The summed E-state index contributed by atoms with van der Waals surface area (Å²) in [6.45, 7) is 7.18. The van der Waals surface area contributed by atoms with Crippen LogP contribution in [0, 0.1) is 0 Å². The highest BCUT2D eigenvalue weighted by atomic mass is 15.1. The van der Waals surface area contributed by atoms with Crippen LogP contribution in [-0.4, -0.2) is 30.7 Å². The molecule has 1 fully saturated rings. The van der Waals surface area contributed by atoms with Crippen LogP contribution in [0.1, 0.15) is 19.8 Å². The van der Waals surface area contributed by atoms with Gasteiger partial charge in [-0.2, -0.15) is 0 Å². The summed E-state index contributed by atoms with van der Waals surface area (Å²) >= 11 is 0. The fourth-order valence-electron chi connectivity index (χ4n) is 1.69. The number of allylic oxidation sites excluding steroid dienone is 1. The summed E-state index contributed by atoms with van der Waals surface area (Å²) in [6, 6.07) is 0.508. The molecule has 1 heterocycles. The van der Waals surface area contributed by atoms with Gasteiger partial charge in [0.05, 0.1) is 0 Å². The van der Waals surface area contributed by atoms with E-state index < -0.39 is 0 Å². The summed E-state index contributed by atoms with van der Waals surface area (Å²) in [5, 5.41) is 0. The van der Waals surface area contributed by atoms with Crippen LogP contribution in [0.25, 0.3) is 0 Å². The molecule has 1 aliphatic heterocycles. The number of aliphatic imine (C=N–C) groups is 1. The highest BCUT2D eigenvalue weighted by Gasteiger charge is 2.21. The van der Waals surface area contributed by atoms with Crippen LogP contribution in [-0.2, 0) is 0 Å². The minimum atomic E-state index is 0.508. The van der Waals surface area contributed by atoms with E-state index in [2.05, 4.69) is 23.5 Å². The first kappa shape index (κ1) is 10.2. The summed E-state index contributed by atoms with van der Waals surface area (Å²) in [5.74, 6) is 0. The molecular weight excluding hydrogens is 160 g/mol. The van der Waals surface area contributed by atoms with Crippen LogP contribution in [0.4, 0.5) is 0 Å². The Labute approximate surface area is 80.7 Å². The van der Waals surface area contributed by atoms with Crippen molar-refractivity contribution in [2.75, 3.05) is 13.6 Å². The molecular formula is C11H18N2. The molecule has 0 aliphatic carbocycles. The molecule has 1 aliphatic rings. The van der Waals surface area contributed by atoms with E-state index in [1.54, 1.807) is 6.20 Å². The number of rotatable bonds is 3. The van der Waals surface area contributed by atoms with Crippen molar-refractivity contribution >= 4 is 6.21 Å². The van der Waals surface area contributed by atoms with E-state index in [0.717, 1.165) is 5.57 Å². The molecule has 0 N–H and O–H groups in total. The van der Waals surface area contributed by atoms with Crippen molar-refractivity contribution in [3.63, 3.8) is 0 Å². The third kappa shape index (κ3) is 2.81. The Bertz CT molecular complexity index is 228. The Kier molecular flexibility index (Phi) is 3.90. The molecule has 72 valence electrons. The average Bonchev–Trinajstić information content (AvgIpc) is 2.52. The molecule has 0 aromatic heterocycles. The molecule has 0 unspecified atom stereocenters.